The topological polar surface area (TPSA) is 42.0 Å². The molecule has 98 valence electrons. The van der Waals surface area contributed by atoms with E-state index in [4.69, 9.17) is 0 Å². The molecule has 0 aliphatic carbocycles. The number of aryl methyl sites for hydroxylation is 1. The smallest absolute Gasteiger partial charge is 0.255 e. The first kappa shape index (κ1) is 13.6. The largest absolute Gasteiger partial charge is 0.319 e. The zero-order valence-electron chi connectivity index (χ0n) is 9.88. The second kappa shape index (κ2) is 5.44. The van der Waals surface area contributed by atoms with Crippen LogP contribution in [0, 0.1) is 18.6 Å². The third-order valence-electron chi connectivity index (χ3n) is 2.49. The van der Waals surface area contributed by atoms with E-state index in [0.717, 1.165) is 12.1 Å². The Bertz CT molecular complexity index is 647. The molecule has 0 aliphatic rings. The molecule has 0 aliphatic heterocycles. The lowest BCUT2D eigenvalue weighted by Crippen LogP contribution is -2.13. The number of nitrogens with zero attached hydrogens (tertiary/aromatic N) is 1. The third kappa shape index (κ3) is 3.14. The summed E-state index contributed by atoms with van der Waals surface area (Å²) >= 11 is 3.13. The molecule has 1 amide bonds. The molecule has 19 heavy (non-hydrogen) atoms. The van der Waals surface area contributed by atoms with E-state index in [1.165, 1.54) is 25.3 Å². The minimum absolute atomic E-state index is 0.183. The monoisotopic (exact) mass is 326 g/mol. The van der Waals surface area contributed by atoms with Crippen LogP contribution in [0.3, 0.4) is 0 Å². The molecule has 6 heteroatoms. The van der Waals surface area contributed by atoms with Gasteiger partial charge in [0, 0.05) is 17.8 Å². The number of nitrogens with one attached hydrogen (secondary N) is 1. The maximum absolute atomic E-state index is 13.6. The van der Waals surface area contributed by atoms with E-state index < -0.39 is 17.5 Å². The number of aromatic nitrogens is 1. The Kier molecular flexibility index (Phi) is 3.90. The highest BCUT2D eigenvalue weighted by Gasteiger charge is 2.12. The van der Waals surface area contributed by atoms with E-state index in [1.807, 2.05) is 0 Å². The summed E-state index contributed by atoms with van der Waals surface area (Å²) in [6, 6.07) is 4.95. The fourth-order valence-electron chi connectivity index (χ4n) is 1.48. The van der Waals surface area contributed by atoms with Crippen molar-refractivity contribution in [3.8, 4) is 0 Å². The van der Waals surface area contributed by atoms with Gasteiger partial charge < -0.3 is 5.32 Å². The van der Waals surface area contributed by atoms with Crippen LogP contribution in [-0.2, 0) is 0 Å². The third-order valence-corrected chi connectivity index (χ3v) is 2.92. The average Bonchev–Trinajstić information content (AvgIpc) is 2.36. The van der Waals surface area contributed by atoms with Gasteiger partial charge in [0.1, 0.15) is 16.2 Å². The summed E-state index contributed by atoms with van der Waals surface area (Å²) in [5.41, 5.74) is 0.283. The molecule has 0 saturated heterocycles. The van der Waals surface area contributed by atoms with Gasteiger partial charge in [-0.2, -0.15) is 0 Å². The second-order valence-corrected chi connectivity index (χ2v) is 4.72. The van der Waals surface area contributed by atoms with E-state index in [0.29, 0.717) is 10.2 Å². The lowest BCUT2D eigenvalue weighted by atomic mass is 10.2. The van der Waals surface area contributed by atoms with Gasteiger partial charge in [0.05, 0.1) is 5.69 Å². The van der Waals surface area contributed by atoms with Crippen LogP contribution in [0.2, 0.25) is 0 Å². The Hall–Kier alpha value is -1.82. The van der Waals surface area contributed by atoms with Crippen molar-refractivity contribution in [3.05, 3.63) is 57.8 Å². The van der Waals surface area contributed by atoms with Crippen LogP contribution in [-0.4, -0.2) is 10.9 Å². The highest BCUT2D eigenvalue weighted by atomic mass is 79.9. The lowest BCUT2D eigenvalue weighted by Gasteiger charge is -2.08. The quantitative estimate of drug-likeness (QED) is 0.855. The molecule has 0 atom stereocenters. The maximum Gasteiger partial charge on any atom is 0.255 e. The Balaban J connectivity index is 2.27. The molecule has 0 saturated carbocycles. The first-order chi connectivity index (χ1) is 8.97. The number of halogens is 3. The van der Waals surface area contributed by atoms with Crippen LogP contribution in [0.4, 0.5) is 14.5 Å². The molecule has 0 radical (unpaired) electrons. The fraction of sp³-hybridized carbons (Fsp3) is 0.0769. The lowest BCUT2D eigenvalue weighted by molar-refractivity contribution is 0.102. The Morgan fingerprint density at radius 1 is 1.26 bits per heavy atom. The summed E-state index contributed by atoms with van der Waals surface area (Å²) < 4.78 is 27.4. The maximum atomic E-state index is 13.6. The zero-order chi connectivity index (χ0) is 14.0. The average molecular weight is 327 g/mol. The first-order valence-corrected chi connectivity index (χ1v) is 6.15. The number of hydrogen-bond acceptors (Lipinski definition) is 2. The van der Waals surface area contributed by atoms with Crippen molar-refractivity contribution in [1.29, 1.82) is 0 Å². The Morgan fingerprint density at radius 2 is 2.00 bits per heavy atom. The van der Waals surface area contributed by atoms with Crippen molar-refractivity contribution < 1.29 is 13.6 Å². The van der Waals surface area contributed by atoms with Gasteiger partial charge in [0.15, 0.2) is 0 Å². The normalized spacial score (nSPS) is 10.3. The molecular formula is C13H9BrF2N2O. The number of benzene rings is 1. The summed E-state index contributed by atoms with van der Waals surface area (Å²) in [7, 11) is 0. The Morgan fingerprint density at radius 3 is 2.68 bits per heavy atom. The van der Waals surface area contributed by atoms with Crippen LogP contribution in [0.25, 0.3) is 0 Å². The van der Waals surface area contributed by atoms with Crippen molar-refractivity contribution in [3.63, 3.8) is 0 Å². The van der Waals surface area contributed by atoms with Crippen molar-refractivity contribution in [2.24, 2.45) is 0 Å². The molecule has 2 aromatic rings. The molecule has 1 N–H and O–H groups in total. The predicted octanol–water partition coefficient (Wildman–Crippen LogP) is 3.68. The number of anilines is 1. The highest BCUT2D eigenvalue weighted by Crippen LogP contribution is 2.20. The molecular weight excluding hydrogens is 318 g/mol. The minimum atomic E-state index is -0.680. The van der Waals surface area contributed by atoms with Crippen LogP contribution >= 0.6 is 15.9 Å². The van der Waals surface area contributed by atoms with Gasteiger partial charge in [-0.25, -0.2) is 13.8 Å². The first-order valence-electron chi connectivity index (χ1n) is 5.36. The van der Waals surface area contributed by atoms with Crippen molar-refractivity contribution in [2.45, 2.75) is 6.92 Å². The Labute approximate surface area is 116 Å². The highest BCUT2D eigenvalue weighted by molar-refractivity contribution is 9.10. The van der Waals surface area contributed by atoms with E-state index >= 15 is 0 Å². The fourth-order valence-corrected chi connectivity index (χ4v) is 1.85. The van der Waals surface area contributed by atoms with Crippen LogP contribution in [0.1, 0.15) is 15.9 Å². The molecule has 0 unspecified atom stereocenters. The molecule has 2 rings (SSSR count). The summed E-state index contributed by atoms with van der Waals surface area (Å²) in [5, 5.41) is 2.32. The molecule has 0 bridgehead atoms. The van der Waals surface area contributed by atoms with Gasteiger partial charge >= 0.3 is 0 Å². The summed E-state index contributed by atoms with van der Waals surface area (Å²) in [5.74, 6) is -1.79. The number of hydrogen-bond donors (Lipinski definition) is 1. The van der Waals surface area contributed by atoms with E-state index in [1.54, 1.807) is 0 Å². The minimum Gasteiger partial charge on any atom is -0.319 e. The molecule has 0 fully saturated rings. The van der Waals surface area contributed by atoms with Crippen molar-refractivity contribution >= 4 is 27.5 Å². The van der Waals surface area contributed by atoms with Gasteiger partial charge in [-0.15, -0.1) is 0 Å². The van der Waals surface area contributed by atoms with Crippen molar-refractivity contribution in [2.75, 3.05) is 5.32 Å². The number of amides is 1. The van der Waals surface area contributed by atoms with Gasteiger partial charge in [-0.05, 0) is 46.6 Å². The molecule has 1 heterocycles. The summed E-state index contributed by atoms with van der Waals surface area (Å²) in [6.07, 6.45) is 1.44. The number of carbonyl (C=O) groups excluding carboxylic acids is 1. The van der Waals surface area contributed by atoms with Crippen LogP contribution < -0.4 is 5.32 Å². The van der Waals surface area contributed by atoms with Gasteiger partial charge in [-0.1, -0.05) is 0 Å². The van der Waals surface area contributed by atoms with E-state index in [9.17, 15) is 13.6 Å². The van der Waals surface area contributed by atoms with E-state index in [2.05, 4.69) is 26.2 Å². The standard InChI is InChI=1S/C13H9BrF2N2O/c1-7-4-10(16)11(6-9(7)15)18-13(19)8-2-3-17-12(14)5-8/h2-6H,1H3,(H,18,19). The summed E-state index contributed by atoms with van der Waals surface area (Å²) in [6.45, 7) is 1.45. The molecule has 0 spiro atoms. The van der Waals surface area contributed by atoms with Gasteiger partial charge in [0.25, 0.3) is 5.91 Å². The van der Waals surface area contributed by atoms with Crippen molar-refractivity contribution in [1.82, 2.24) is 4.98 Å². The van der Waals surface area contributed by atoms with E-state index in [-0.39, 0.29) is 11.3 Å². The van der Waals surface area contributed by atoms with Gasteiger partial charge in [-0.3, -0.25) is 4.79 Å². The summed E-state index contributed by atoms with van der Waals surface area (Å²) in [4.78, 5) is 15.7. The predicted molar refractivity (Wildman–Crippen MR) is 71.0 cm³/mol. The van der Waals surface area contributed by atoms with Gasteiger partial charge in [0.2, 0.25) is 0 Å². The van der Waals surface area contributed by atoms with Crippen LogP contribution in [0.5, 0.6) is 0 Å². The molecule has 1 aromatic carbocycles. The molecule has 1 aromatic heterocycles. The second-order valence-electron chi connectivity index (χ2n) is 3.90. The number of carbonyl (C=O) groups is 1. The number of pyridine rings is 1. The molecule has 3 nitrogen and oxygen atoms in total. The SMILES string of the molecule is Cc1cc(F)c(NC(=O)c2ccnc(Br)c2)cc1F. The number of rotatable bonds is 2. The van der Waals surface area contributed by atoms with Crippen LogP contribution in [0.15, 0.2) is 35.1 Å². The zero-order valence-corrected chi connectivity index (χ0v) is 11.5.